The van der Waals surface area contributed by atoms with Gasteiger partial charge in [-0.05, 0) is 64.3 Å². The van der Waals surface area contributed by atoms with Crippen LogP contribution in [0.5, 0.6) is 5.75 Å². The van der Waals surface area contributed by atoms with Gasteiger partial charge in [0.1, 0.15) is 11.4 Å². The number of anilines is 1. The Balaban J connectivity index is 1.52. The number of hydrogen-bond donors (Lipinski definition) is 1. The number of carbonyl (C=O) groups excluding carboxylic acids is 3. The summed E-state index contributed by atoms with van der Waals surface area (Å²) >= 11 is 0. The van der Waals surface area contributed by atoms with Crippen LogP contribution in [0.1, 0.15) is 46.1 Å². The lowest BCUT2D eigenvalue weighted by Crippen LogP contribution is -2.43. The molecule has 1 fully saturated rings. The van der Waals surface area contributed by atoms with Crippen LogP contribution in [0.4, 0.5) is 10.5 Å². The third kappa shape index (κ3) is 8.00. The SMILES string of the molecule is CCN(Cc1ccccc1NC(=O)C1CCN(C(=O)COc2ccccc2)CC1)C(=O)OC(C)(C)C. The van der Waals surface area contributed by atoms with Crippen LogP contribution in [0.3, 0.4) is 0 Å². The number of benzene rings is 2. The maximum absolute atomic E-state index is 13.0. The molecule has 194 valence electrons. The second kappa shape index (κ2) is 12.4. The summed E-state index contributed by atoms with van der Waals surface area (Å²) in [5.74, 6) is 0.317. The zero-order valence-electron chi connectivity index (χ0n) is 21.7. The van der Waals surface area contributed by atoms with Gasteiger partial charge < -0.3 is 24.6 Å². The highest BCUT2D eigenvalue weighted by molar-refractivity contribution is 5.93. The van der Waals surface area contributed by atoms with Gasteiger partial charge in [0.15, 0.2) is 6.61 Å². The molecule has 36 heavy (non-hydrogen) atoms. The number of amides is 3. The molecule has 0 bridgehead atoms. The molecule has 0 aliphatic carbocycles. The Labute approximate surface area is 213 Å². The van der Waals surface area contributed by atoms with Gasteiger partial charge in [0.05, 0.1) is 6.54 Å². The number of carbonyl (C=O) groups is 3. The molecule has 1 N–H and O–H groups in total. The third-order valence-corrected chi connectivity index (χ3v) is 5.99. The minimum atomic E-state index is -0.581. The van der Waals surface area contributed by atoms with Gasteiger partial charge in [-0.1, -0.05) is 36.4 Å². The molecule has 1 saturated heterocycles. The summed E-state index contributed by atoms with van der Waals surface area (Å²) in [6.45, 7) is 9.23. The Morgan fingerprint density at radius 1 is 1.00 bits per heavy atom. The summed E-state index contributed by atoms with van der Waals surface area (Å²) in [4.78, 5) is 41.5. The number of para-hydroxylation sites is 2. The highest BCUT2D eigenvalue weighted by atomic mass is 16.6. The average Bonchev–Trinajstić information content (AvgIpc) is 2.86. The van der Waals surface area contributed by atoms with Crippen molar-refractivity contribution in [2.45, 2.75) is 52.7 Å². The Morgan fingerprint density at radius 2 is 1.64 bits per heavy atom. The summed E-state index contributed by atoms with van der Waals surface area (Å²) < 4.78 is 11.1. The van der Waals surface area contributed by atoms with Crippen LogP contribution in [0.25, 0.3) is 0 Å². The molecule has 1 heterocycles. The van der Waals surface area contributed by atoms with Crippen molar-refractivity contribution in [3.63, 3.8) is 0 Å². The van der Waals surface area contributed by atoms with Crippen molar-refractivity contribution >= 4 is 23.6 Å². The lowest BCUT2D eigenvalue weighted by Gasteiger charge is -2.31. The van der Waals surface area contributed by atoms with E-state index in [9.17, 15) is 14.4 Å². The van der Waals surface area contributed by atoms with Gasteiger partial charge in [-0.25, -0.2) is 4.79 Å². The van der Waals surface area contributed by atoms with Crippen molar-refractivity contribution in [2.75, 3.05) is 31.6 Å². The first kappa shape index (κ1) is 27.0. The van der Waals surface area contributed by atoms with Gasteiger partial charge in [0.2, 0.25) is 5.91 Å². The number of nitrogens with zero attached hydrogens (tertiary/aromatic N) is 2. The molecule has 3 amide bonds. The van der Waals surface area contributed by atoms with E-state index in [1.54, 1.807) is 9.80 Å². The van der Waals surface area contributed by atoms with Crippen LogP contribution in [0.15, 0.2) is 54.6 Å². The first-order chi connectivity index (χ1) is 17.2. The minimum absolute atomic E-state index is 0.0141. The normalized spacial score (nSPS) is 14.2. The molecule has 1 aliphatic heterocycles. The van der Waals surface area contributed by atoms with Crippen molar-refractivity contribution in [3.05, 3.63) is 60.2 Å². The standard InChI is InChI=1S/C28H37N3O5/c1-5-30(27(34)36-28(2,3)4)19-22-11-9-10-14-24(22)29-26(33)21-15-17-31(18-16-21)25(32)20-35-23-12-7-6-8-13-23/h6-14,21H,5,15-20H2,1-4H3,(H,29,33). The summed E-state index contributed by atoms with van der Waals surface area (Å²) in [7, 11) is 0. The number of piperidine rings is 1. The van der Waals surface area contributed by atoms with Crippen molar-refractivity contribution in [3.8, 4) is 5.75 Å². The van der Waals surface area contributed by atoms with E-state index < -0.39 is 5.60 Å². The molecule has 3 rings (SSSR count). The van der Waals surface area contributed by atoms with E-state index >= 15 is 0 Å². The fraction of sp³-hybridized carbons (Fsp3) is 0.464. The van der Waals surface area contributed by atoms with Crippen molar-refractivity contribution < 1.29 is 23.9 Å². The predicted molar refractivity (Wildman–Crippen MR) is 139 cm³/mol. The number of likely N-dealkylation sites (tertiary alicyclic amines) is 1. The fourth-order valence-electron chi connectivity index (χ4n) is 4.00. The van der Waals surface area contributed by atoms with E-state index in [1.165, 1.54) is 0 Å². The molecule has 2 aromatic rings. The predicted octanol–water partition coefficient (Wildman–Crippen LogP) is 4.70. The maximum atomic E-state index is 13.0. The van der Waals surface area contributed by atoms with Crippen molar-refractivity contribution in [1.82, 2.24) is 9.80 Å². The van der Waals surface area contributed by atoms with Crippen LogP contribution in [0.2, 0.25) is 0 Å². The van der Waals surface area contributed by atoms with Gasteiger partial charge in [-0.15, -0.1) is 0 Å². The quantitative estimate of drug-likeness (QED) is 0.574. The van der Waals surface area contributed by atoms with Gasteiger partial charge in [0.25, 0.3) is 5.91 Å². The van der Waals surface area contributed by atoms with Crippen LogP contribution >= 0.6 is 0 Å². The van der Waals surface area contributed by atoms with Crippen LogP contribution in [0, 0.1) is 5.92 Å². The molecule has 0 radical (unpaired) electrons. The van der Waals surface area contributed by atoms with Crippen molar-refractivity contribution in [1.29, 1.82) is 0 Å². The molecule has 0 unspecified atom stereocenters. The van der Waals surface area contributed by atoms with Crippen LogP contribution in [-0.4, -0.2) is 59.5 Å². The fourth-order valence-corrected chi connectivity index (χ4v) is 4.00. The van der Waals surface area contributed by atoms with E-state index in [0.717, 1.165) is 5.56 Å². The van der Waals surface area contributed by atoms with E-state index in [4.69, 9.17) is 9.47 Å². The summed E-state index contributed by atoms with van der Waals surface area (Å²) in [6, 6.07) is 16.7. The lowest BCUT2D eigenvalue weighted by molar-refractivity contribution is -0.136. The summed E-state index contributed by atoms with van der Waals surface area (Å²) in [6.07, 6.45) is 0.785. The Kier molecular flexibility index (Phi) is 9.33. The van der Waals surface area contributed by atoms with Gasteiger partial charge in [-0.2, -0.15) is 0 Å². The van der Waals surface area contributed by atoms with Gasteiger partial charge >= 0.3 is 6.09 Å². The van der Waals surface area contributed by atoms with E-state index in [2.05, 4.69) is 5.32 Å². The highest BCUT2D eigenvalue weighted by Gasteiger charge is 2.28. The first-order valence-electron chi connectivity index (χ1n) is 12.5. The molecule has 8 heteroatoms. The van der Waals surface area contributed by atoms with E-state index in [1.807, 2.05) is 82.3 Å². The molecule has 0 spiro atoms. The Bertz CT molecular complexity index is 1030. The molecular formula is C28H37N3O5. The van der Waals surface area contributed by atoms with Crippen LogP contribution < -0.4 is 10.1 Å². The molecule has 2 aromatic carbocycles. The average molecular weight is 496 g/mol. The maximum Gasteiger partial charge on any atom is 0.410 e. The number of nitrogens with one attached hydrogen (secondary N) is 1. The number of hydrogen-bond acceptors (Lipinski definition) is 5. The third-order valence-electron chi connectivity index (χ3n) is 5.99. The first-order valence-corrected chi connectivity index (χ1v) is 12.5. The van der Waals surface area contributed by atoms with Gasteiger partial charge in [0, 0.05) is 31.2 Å². The van der Waals surface area contributed by atoms with Crippen molar-refractivity contribution in [2.24, 2.45) is 5.92 Å². The molecule has 0 atom stereocenters. The van der Waals surface area contributed by atoms with E-state index in [-0.39, 0.29) is 30.4 Å². The molecule has 0 aromatic heterocycles. The lowest BCUT2D eigenvalue weighted by atomic mass is 9.95. The molecular weight excluding hydrogens is 458 g/mol. The minimum Gasteiger partial charge on any atom is -0.484 e. The molecule has 0 saturated carbocycles. The summed E-state index contributed by atoms with van der Waals surface area (Å²) in [5, 5.41) is 3.04. The molecule has 1 aliphatic rings. The largest absolute Gasteiger partial charge is 0.484 e. The Morgan fingerprint density at radius 3 is 2.28 bits per heavy atom. The smallest absolute Gasteiger partial charge is 0.410 e. The van der Waals surface area contributed by atoms with E-state index in [0.29, 0.717) is 50.5 Å². The zero-order valence-corrected chi connectivity index (χ0v) is 21.7. The molecule has 8 nitrogen and oxygen atoms in total. The van der Waals surface area contributed by atoms with Crippen LogP contribution in [-0.2, 0) is 20.9 Å². The monoisotopic (exact) mass is 495 g/mol. The highest BCUT2D eigenvalue weighted by Crippen LogP contribution is 2.23. The zero-order chi connectivity index (χ0) is 26.1. The summed E-state index contributed by atoms with van der Waals surface area (Å²) in [5.41, 5.74) is 0.936. The number of ether oxygens (including phenoxy) is 2. The second-order valence-electron chi connectivity index (χ2n) is 9.90. The van der Waals surface area contributed by atoms with Gasteiger partial charge in [-0.3, -0.25) is 9.59 Å². The topological polar surface area (TPSA) is 88.2 Å². The second-order valence-corrected chi connectivity index (χ2v) is 9.90. The Hall–Kier alpha value is -3.55. The number of rotatable bonds is 8.